The van der Waals surface area contributed by atoms with Gasteiger partial charge >= 0.3 is 5.97 Å². The van der Waals surface area contributed by atoms with Crippen LogP contribution < -0.4 is 0 Å². The molecular formula is C16H23N3O2. The third-order valence-electron chi connectivity index (χ3n) is 4.34. The second-order valence-corrected chi connectivity index (χ2v) is 5.81. The monoisotopic (exact) mass is 289 g/mol. The molecule has 0 aliphatic carbocycles. The van der Waals surface area contributed by atoms with E-state index in [1.807, 2.05) is 26.0 Å². The van der Waals surface area contributed by atoms with Crippen molar-refractivity contribution in [1.29, 1.82) is 0 Å². The van der Waals surface area contributed by atoms with Gasteiger partial charge < -0.3 is 9.67 Å². The molecule has 5 nitrogen and oxygen atoms in total. The number of aliphatic carboxylic acids is 1. The minimum atomic E-state index is -0.756. The third-order valence-corrected chi connectivity index (χ3v) is 4.34. The van der Waals surface area contributed by atoms with Crippen LogP contribution in [0, 0.1) is 5.41 Å². The molecular weight excluding hydrogens is 266 g/mol. The van der Waals surface area contributed by atoms with Crippen LogP contribution in [-0.4, -0.2) is 25.6 Å². The van der Waals surface area contributed by atoms with Crippen molar-refractivity contribution in [2.24, 2.45) is 5.41 Å². The van der Waals surface area contributed by atoms with E-state index < -0.39 is 11.4 Å². The number of rotatable bonds is 6. The maximum absolute atomic E-state index is 11.7. The number of fused-ring (bicyclic) bond motifs is 1. The zero-order valence-electron chi connectivity index (χ0n) is 13.1. The molecule has 2 rings (SSSR count). The Morgan fingerprint density at radius 2 is 2.05 bits per heavy atom. The Bertz CT molecular complexity index is 642. The number of aromatic nitrogens is 3. The molecule has 0 unspecified atom stereocenters. The van der Waals surface area contributed by atoms with Crippen LogP contribution in [0.4, 0.5) is 0 Å². The molecule has 114 valence electrons. The fraction of sp³-hybridized carbons (Fsp3) is 0.562. The van der Waals surface area contributed by atoms with E-state index in [1.54, 1.807) is 6.20 Å². The highest BCUT2D eigenvalue weighted by Gasteiger charge is 2.37. The molecule has 0 aliphatic heterocycles. The van der Waals surface area contributed by atoms with Crippen molar-refractivity contribution in [3.05, 3.63) is 24.2 Å². The van der Waals surface area contributed by atoms with Gasteiger partial charge in [0.05, 0.1) is 5.41 Å². The smallest absolute Gasteiger partial charge is 0.310 e. The van der Waals surface area contributed by atoms with Crippen LogP contribution >= 0.6 is 0 Å². The number of pyridine rings is 1. The van der Waals surface area contributed by atoms with E-state index in [4.69, 9.17) is 0 Å². The van der Waals surface area contributed by atoms with Gasteiger partial charge in [-0.3, -0.25) is 4.79 Å². The zero-order valence-corrected chi connectivity index (χ0v) is 13.1. The quantitative estimate of drug-likeness (QED) is 0.884. The van der Waals surface area contributed by atoms with Crippen LogP contribution in [-0.2, 0) is 11.2 Å². The first kappa shape index (κ1) is 15.5. The fourth-order valence-electron chi connectivity index (χ4n) is 2.82. The van der Waals surface area contributed by atoms with Crippen molar-refractivity contribution in [1.82, 2.24) is 14.5 Å². The van der Waals surface area contributed by atoms with Gasteiger partial charge in [0.15, 0.2) is 5.65 Å². The molecule has 2 aromatic rings. The Hall–Kier alpha value is -1.91. The molecule has 0 bridgehead atoms. The van der Waals surface area contributed by atoms with Crippen molar-refractivity contribution in [3.63, 3.8) is 0 Å². The number of imidazole rings is 1. The Balaban J connectivity index is 2.55. The van der Waals surface area contributed by atoms with Gasteiger partial charge in [-0.1, -0.05) is 13.8 Å². The lowest BCUT2D eigenvalue weighted by Gasteiger charge is -2.27. The van der Waals surface area contributed by atoms with Gasteiger partial charge in [0.1, 0.15) is 11.3 Å². The van der Waals surface area contributed by atoms with Gasteiger partial charge in [-0.05, 0) is 38.8 Å². The third kappa shape index (κ3) is 2.64. The highest BCUT2D eigenvalue weighted by atomic mass is 16.4. The SMILES string of the molecule is CCC(CC)(Cc1nc2cccnc2n1C(C)C)C(=O)O. The van der Waals surface area contributed by atoms with E-state index in [0.717, 1.165) is 17.0 Å². The topological polar surface area (TPSA) is 68.0 Å². The molecule has 2 heterocycles. The number of carboxylic acids is 1. The molecule has 0 amide bonds. The summed E-state index contributed by atoms with van der Waals surface area (Å²) in [6, 6.07) is 3.97. The maximum Gasteiger partial charge on any atom is 0.310 e. The minimum absolute atomic E-state index is 0.195. The molecule has 5 heteroatoms. The summed E-state index contributed by atoms with van der Waals surface area (Å²) in [6.07, 6.45) is 3.36. The van der Waals surface area contributed by atoms with Crippen LogP contribution in [0.1, 0.15) is 52.4 Å². The number of hydrogen-bond acceptors (Lipinski definition) is 3. The highest BCUT2D eigenvalue weighted by molar-refractivity contribution is 5.76. The van der Waals surface area contributed by atoms with E-state index in [-0.39, 0.29) is 6.04 Å². The molecule has 21 heavy (non-hydrogen) atoms. The molecule has 2 aromatic heterocycles. The minimum Gasteiger partial charge on any atom is -0.481 e. The van der Waals surface area contributed by atoms with Crippen LogP contribution in [0.3, 0.4) is 0 Å². The molecule has 0 saturated heterocycles. The summed E-state index contributed by atoms with van der Waals surface area (Å²) in [4.78, 5) is 20.8. The molecule has 0 aliphatic rings. The summed E-state index contributed by atoms with van der Waals surface area (Å²) < 4.78 is 2.05. The molecule has 0 saturated carbocycles. The lowest BCUT2D eigenvalue weighted by Crippen LogP contribution is -2.33. The summed E-state index contributed by atoms with van der Waals surface area (Å²) in [6.45, 7) is 8.00. The van der Waals surface area contributed by atoms with E-state index in [0.29, 0.717) is 19.3 Å². The average molecular weight is 289 g/mol. The Morgan fingerprint density at radius 1 is 1.38 bits per heavy atom. The Kier molecular flexibility index (Phi) is 4.30. The number of carboxylic acid groups (broad SMARTS) is 1. The predicted octanol–water partition coefficient (Wildman–Crippen LogP) is 3.45. The van der Waals surface area contributed by atoms with Gasteiger partial charge in [-0.25, -0.2) is 9.97 Å². The van der Waals surface area contributed by atoms with Crippen molar-refractivity contribution in [2.75, 3.05) is 0 Å². The summed E-state index contributed by atoms with van der Waals surface area (Å²) in [7, 11) is 0. The van der Waals surface area contributed by atoms with Crippen molar-refractivity contribution in [2.45, 2.75) is 53.0 Å². The maximum atomic E-state index is 11.7. The molecule has 1 N–H and O–H groups in total. The lowest BCUT2D eigenvalue weighted by molar-refractivity contribution is -0.149. The van der Waals surface area contributed by atoms with Crippen molar-refractivity contribution >= 4 is 17.1 Å². The first-order valence-corrected chi connectivity index (χ1v) is 7.50. The van der Waals surface area contributed by atoms with Gasteiger partial charge in [-0.2, -0.15) is 0 Å². The van der Waals surface area contributed by atoms with Crippen molar-refractivity contribution in [3.8, 4) is 0 Å². The second-order valence-electron chi connectivity index (χ2n) is 5.81. The second kappa shape index (κ2) is 5.84. The summed E-state index contributed by atoms with van der Waals surface area (Å²) in [5.74, 6) is 0.0626. The van der Waals surface area contributed by atoms with E-state index in [1.165, 1.54) is 0 Å². The van der Waals surface area contributed by atoms with E-state index >= 15 is 0 Å². The predicted molar refractivity (Wildman–Crippen MR) is 82.3 cm³/mol. The Labute approximate surface area is 125 Å². The van der Waals surface area contributed by atoms with Crippen LogP contribution in [0.2, 0.25) is 0 Å². The first-order chi connectivity index (χ1) is 9.95. The van der Waals surface area contributed by atoms with Gasteiger partial charge in [0.2, 0.25) is 0 Å². The largest absolute Gasteiger partial charge is 0.481 e. The van der Waals surface area contributed by atoms with Gasteiger partial charge in [0, 0.05) is 18.7 Å². The number of nitrogens with zero attached hydrogens (tertiary/aromatic N) is 3. The fourth-order valence-corrected chi connectivity index (χ4v) is 2.82. The van der Waals surface area contributed by atoms with Crippen molar-refractivity contribution < 1.29 is 9.90 Å². The molecule has 0 aromatic carbocycles. The number of hydrogen-bond donors (Lipinski definition) is 1. The van der Waals surface area contributed by atoms with E-state index in [9.17, 15) is 9.90 Å². The lowest BCUT2D eigenvalue weighted by atomic mass is 9.79. The summed E-state index contributed by atoms with van der Waals surface area (Å²) in [5.41, 5.74) is 0.898. The standard InChI is InChI=1S/C16H23N3O2/c1-5-16(6-2,15(20)21)10-13-18-12-8-7-9-17-14(12)19(13)11(3)4/h7-9,11H,5-6,10H2,1-4H3,(H,20,21). The van der Waals surface area contributed by atoms with E-state index in [2.05, 4.69) is 28.4 Å². The normalized spacial score (nSPS) is 12.2. The first-order valence-electron chi connectivity index (χ1n) is 7.50. The molecule has 0 atom stereocenters. The summed E-state index contributed by atoms with van der Waals surface area (Å²) >= 11 is 0. The van der Waals surface area contributed by atoms with Crippen LogP contribution in [0.5, 0.6) is 0 Å². The summed E-state index contributed by atoms with van der Waals surface area (Å²) in [5, 5.41) is 9.64. The van der Waals surface area contributed by atoms with Gasteiger partial charge in [0.25, 0.3) is 0 Å². The average Bonchev–Trinajstić information content (AvgIpc) is 2.82. The van der Waals surface area contributed by atoms with Crippen LogP contribution in [0.25, 0.3) is 11.2 Å². The highest BCUT2D eigenvalue weighted by Crippen LogP contribution is 2.33. The zero-order chi connectivity index (χ0) is 15.6. The molecule has 0 spiro atoms. The van der Waals surface area contributed by atoms with Crippen LogP contribution in [0.15, 0.2) is 18.3 Å². The van der Waals surface area contributed by atoms with Gasteiger partial charge in [-0.15, -0.1) is 0 Å². The molecule has 0 radical (unpaired) electrons. The number of carbonyl (C=O) groups is 1. The Morgan fingerprint density at radius 3 is 2.57 bits per heavy atom. The molecule has 0 fully saturated rings.